The van der Waals surface area contributed by atoms with Crippen molar-refractivity contribution in [2.24, 2.45) is 0 Å². The maximum Gasteiger partial charge on any atom is 0.229 e. The van der Waals surface area contributed by atoms with Gasteiger partial charge >= 0.3 is 0 Å². The maximum absolute atomic E-state index is 10.0. The van der Waals surface area contributed by atoms with Gasteiger partial charge in [-0.15, -0.1) is 0 Å². The molecule has 2 aliphatic rings. The van der Waals surface area contributed by atoms with Gasteiger partial charge in [0.05, 0.1) is 69.6 Å². The molecular weight excluding hydrogens is 528 g/mol. The van der Waals surface area contributed by atoms with Gasteiger partial charge in [-0.05, 0) is 38.5 Å². The van der Waals surface area contributed by atoms with Gasteiger partial charge in [0.25, 0.3) is 0 Å². The molecule has 13 heteroatoms. The fourth-order valence-corrected chi connectivity index (χ4v) is 5.86. The Balaban J connectivity index is 1.37. The summed E-state index contributed by atoms with van der Waals surface area (Å²) in [6.45, 7) is 0.818. The van der Waals surface area contributed by atoms with E-state index in [1.165, 1.54) is 0 Å². The fraction of sp³-hybridized carbons (Fsp3) is 0.500. The Kier molecular flexibility index (Phi) is 7.54. The van der Waals surface area contributed by atoms with Crippen LogP contribution < -0.4 is 24.4 Å². The van der Waals surface area contributed by atoms with Crippen LogP contribution in [0, 0.1) is 0 Å². The average Bonchev–Trinajstić information content (AvgIpc) is 3.76. The first kappa shape index (κ1) is 27.1. The third-order valence-corrected chi connectivity index (χ3v) is 8.08. The number of hydrogen-bond donors (Lipinski definition) is 3. The van der Waals surface area contributed by atoms with Crippen LogP contribution in [0.25, 0.3) is 16.7 Å². The molecule has 3 aromatic heterocycles. The summed E-state index contributed by atoms with van der Waals surface area (Å²) < 4.78 is 20.3. The standard InChI is InChI=1S/C28H36N8O5/c1-39-22-11-19(12-23(40-2)25(22)41-3)34-14-24(29-16-34)31-26-21-13-30-36(17-6-8-20(38)9-7-17)27(21)33-28(32-26)35-10-4-5-18(35)15-37/h11-14,16-18,20,37-38H,4-10,15H2,1-3H3,(H,31,32,33)/t17?,18-,20?/m0/s1. The van der Waals surface area contributed by atoms with Gasteiger partial charge in [-0.1, -0.05) is 0 Å². The van der Waals surface area contributed by atoms with Crippen molar-refractivity contribution in [1.29, 1.82) is 0 Å². The number of nitrogens with zero attached hydrogens (tertiary/aromatic N) is 7. The molecular formula is C28H36N8O5. The lowest BCUT2D eigenvalue weighted by molar-refractivity contribution is 0.109. The van der Waals surface area contributed by atoms with E-state index in [0.717, 1.165) is 61.8 Å². The van der Waals surface area contributed by atoms with Crippen LogP contribution in [0.5, 0.6) is 17.2 Å². The minimum atomic E-state index is -0.258. The molecule has 1 aliphatic carbocycles. The number of hydrogen-bond acceptors (Lipinski definition) is 11. The van der Waals surface area contributed by atoms with E-state index in [2.05, 4.69) is 15.2 Å². The summed E-state index contributed by atoms with van der Waals surface area (Å²) in [5.41, 5.74) is 1.51. The lowest BCUT2D eigenvalue weighted by Crippen LogP contribution is -2.33. The van der Waals surface area contributed by atoms with Crippen LogP contribution in [-0.2, 0) is 0 Å². The van der Waals surface area contributed by atoms with Crippen molar-refractivity contribution in [2.75, 3.05) is 44.7 Å². The summed E-state index contributed by atoms with van der Waals surface area (Å²) in [4.78, 5) is 16.5. The zero-order valence-electron chi connectivity index (χ0n) is 23.5. The van der Waals surface area contributed by atoms with Crippen molar-refractivity contribution in [3.63, 3.8) is 0 Å². The third kappa shape index (κ3) is 5.10. The molecule has 13 nitrogen and oxygen atoms in total. The third-order valence-electron chi connectivity index (χ3n) is 8.08. The topological polar surface area (TPSA) is 145 Å². The molecule has 0 unspecified atom stereocenters. The highest BCUT2D eigenvalue weighted by molar-refractivity contribution is 5.89. The van der Waals surface area contributed by atoms with Crippen molar-refractivity contribution in [2.45, 2.75) is 56.7 Å². The van der Waals surface area contributed by atoms with Crippen LogP contribution in [-0.4, -0.2) is 86.1 Å². The predicted molar refractivity (Wildman–Crippen MR) is 153 cm³/mol. The van der Waals surface area contributed by atoms with Gasteiger partial charge in [0.1, 0.15) is 18.0 Å². The highest BCUT2D eigenvalue weighted by atomic mass is 16.5. The molecule has 2 fully saturated rings. The molecule has 1 saturated carbocycles. The quantitative estimate of drug-likeness (QED) is 0.276. The number of aromatic nitrogens is 6. The van der Waals surface area contributed by atoms with Crippen LogP contribution in [0.4, 0.5) is 17.6 Å². The van der Waals surface area contributed by atoms with Crippen molar-refractivity contribution in [3.05, 3.63) is 30.9 Å². The Morgan fingerprint density at radius 2 is 1.76 bits per heavy atom. The smallest absolute Gasteiger partial charge is 0.229 e. The predicted octanol–water partition coefficient (Wildman–Crippen LogP) is 3.22. The number of anilines is 3. The zero-order valence-corrected chi connectivity index (χ0v) is 23.5. The highest BCUT2D eigenvalue weighted by Crippen LogP contribution is 2.40. The van der Waals surface area contributed by atoms with Gasteiger partial charge in [0.15, 0.2) is 17.1 Å². The zero-order chi connectivity index (χ0) is 28.5. The molecule has 1 aliphatic heterocycles. The number of nitrogens with one attached hydrogen (secondary N) is 1. The Morgan fingerprint density at radius 3 is 2.44 bits per heavy atom. The molecule has 218 valence electrons. The summed E-state index contributed by atoms with van der Waals surface area (Å²) in [6, 6.07) is 3.82. The number of rotatable bonds is 9. The Labute approximate surface area is 237 Å². The Morgan fingerprint density at radius 1 is 1.00 bits per heavy atom. The van der Waals surface area contributed by atoms with E-state index in [1.807, 2.05) is 27.6 Å². The number of aliphatic hydroxyl groups excluding tert-OH is 2. The summed E-state index contributed by atoms with van der Waals surface area (Å²) in [7, 11) is 4.73. The molecule has 6 rings (SSSR count). The number of fused-ring (bicyclic) bond motifs is 1. The largest absolute Gasteiger partial charge is 0.493 e. The Hall–Kier alpha value is -4.10. The van der Waals surface area contributed by atoms with Crippen LogP contribution in [0.2, 0.25) is 0 Å². The van der Waals surface area contributed by atoms with E-state index >= 15 is 0 Å². The summed E-state index contributed by atoms with van der Waals surface area (Å²) >= 11 is 0. The SMILES string of the molecule is COc1cc(-n2cnc(Nc3nc(N4CCC[C@H]4CO)nc4c3cnn4C3CCC(O)CC3)c2)cc(OC)c1OC. The van der Waals surface area contributed by atoms with Crippen molar-refractivity contribution >= 4 is 28.6 Å². The number of ether oxygens (including phenoxy) is 3. The highest BCUT2D eigenvalue weighted by Gasteiger charge is 2.29. The molecule has 3 N–H and O–H groups in total. The van der Waals surface area contributed by atoms with E-state index < -0.39 is 0 Å². The minimum absolute atomic E-state index is 0.0271. The lowest BCUT2D eigenvalue weighted by atomic mass is 9.93. The second kappa shape index (κ2) is 11.4. The molecule has 4 heterocycles. The monoisotopic (exact) mass is 564 g/mol. The van der Waals surface area contributed by atoms with Gasteiger partial charge < -0.3 is 39.2 Å². The molecule has 0 bridgehead atoms. The van der Waals surface area contributed by atoms with E-state index in [1.54, 1.807) is 33.9 Å². The van der Waals surface area contributed by atoms with Gasteiger partial charge in [-0.25, -0.2) is 9.67 Å². The molecule has 0 radical (unpaired) electrons. The van der Waals surface area contributed by atoms with Gasteiger partial charge in [0.2, 0.25) is 11.7 Å². The van der Waals surface area contributed by atoms with Gasteiger partial charge in [-0.2, -0.15) is 15.1 Å². The average molecular weight is 565 g/mol. The first-order valence-corrected chi connectivity index (χ1v) is 13.9. The van der Waals surface area contributed by atoms with E-state index in [0.29, 0.717) is 34.8 Å². The van der Waals surface area contributed by atoms with Crippen molar-refractivity contribution < 1.29 is 24.4 Å². The number of imidazole rings is 1. The van der Waals surface area contributed by atoms with Crippen molar-refractivity contribution in [1.82, 2.24) is 29.3 Å². The molecule has 0 amide bonds. The number of methoxy groups -OCH3 is 3. The molecule has 41 heavy (non-hydrogen) atoms. The minimum Gasteiger partial charge on any atom is -0.493 e. The second-order valence-corrected chi connectivity index (χ2v) is 10.5. The first-order chi connectivity index (χ1) is 20.0. The summed E-state index contributed by atoms with van der Waals surface area (Å²) in [5, 5.41) is 28.9. The van der Waals surface area contributed by atoms with Crippen molar-refractivity contribution in [3.8, 4) is 22.9 Å². The molecule has 1 atom stereocenters. The van der Waals surface area contributed by atoms with Gasteiger partial charge in [-0.3, -0.25) is 0 Å². The molecule has 0 spiro atoms. The lowest BCUT2D eigenvalue weighted by Gasteiger charge is -2.27. The van der Waals surface area contributed by atoms with E-state index in [-0.39, 0.29) is 24.8 Å². The van der Waals surface area contributed by atoms with E-state index in [9.17, 15) is 10.2 Å². The van der Waals surface area contributed by atoms with Gasteiger partial charge in [0, 0.05) is 18.7 Å². The Bertz CT molecular complexity index is 1490. The van der Waals surface area contributed by atoms with E-state index in [4.69, 9.17) is 29.3 Å². The normalized spacial score (nSPS) is 20.9. The molecule has 4 aromatic rings. The number of benzene rings is 1. The fourth-order valence-electron chi connectivity index (χ4n) is 5.86. The maximum atomic E-state index is 10.0. The molecule has 1 aromatic carbocycles. The summed E-state index contributed by atoms with van der Waals surface area (Å²) in [6.07, 6.45) is 10.1. The second-order valence-electron chi connectivity index (χ2n) is 10.5. The van der Waals surface area contributed by atoms with Crippen LogP contribution >= 0.6 is 0 Å². The summed E-state index contributed by atoms with van der Waals surface area (Å²) in [5.74, 6) is 3.32. The first-order valence-electron chi connectivity index (χ1n) is 13.9. The van der Waals surface area contributed by atoms with Crippen LogP contribution in [0.1, 0.15) is 44.6 Å². The molecule has 1 saturated heterocycles. The number of aliphatic hydroxyl groups is 2. The van der Waals surface area contributed by atoms with Crippen LogP contribution in [0.15, 0.2) is 30.9 Å². The van der Waals surface area contributed by atoms with Crippen LogP contribution in [0.3, 0.4) is 0 Å².